The second kappa shape index (κ2) is 6.36. The van der Waals surface area contributed by atoms with Crippen molar-refractivity contribution in [1.29, 1.82) is 0 Å². The van der Waals surface area contributed by atoms with Gasteiger partial charge in [0.1, 0.15) is 11.6 Å². The van der Waals surface area contributed by atoms with Crippen molar-refractivity contribution in [3.05, 3.63) is 55.0 Å². The Bertz CT molecular complexity index is 922. The van der Waals surface area contributed by atoms with Crippen LogP contribution in [0.1, 0.15) is 18.4 Å². The van der Waals surface area contributed by atoms with Crippen molar-refractivity contribution in [1.82, 2.24) is 9.97 Å². The molecule has 1 fully saturated rings. The lowest BCUT2D eigenvalue weighted by Crippen LogP contribution is -2.35. The highest BCUT2D eigenvalue weighted by atomic mass is 16.3. The summed E-state index contributed by atoms with van der Waals surface area (Å²) in [5.41, 5.74) is 2.74. The molecule has 1 saturated heterocycles. The number of aryl methyl sites for hydroxylation is 1. The van der Waals surface area contributed by atoms with Gasteiger partial charge in [0, 0.05) is 18.5 Å². The lowest BCUT2D eigenvalue weighted by molar-refractivity contribution is 0.476. The van der Waals surface area contributed by atoms with Crippen LogP contribution in [0.25, 0.3) is 22.3 Å². The fourth-order valence-corrected chi connectivity index (χ4v) is 3.50. The second-order valence-corrected chi connectivity index (χ2v) is 6.86. The van der Waals surface area contributed by atoms with Gasteiger partial charge in [-0.25, -0.2) is 9.97 Å². The lowest BCUT2D eigenvalue weighted by atomic mass is 10.00. The van der Waals surface area contributed by atoms with E-state index >= 15 is 0 Å². The van der Waals surface area contributed by atoms with E-state index in [1.165, 1.54) is 0 Å². The number of phenolic OH excluding ortho intramolecular Hbond substituents is 1. The molecule has 4 nitrogen and oxygen atoms in total. The van der Waals surface area contributed by atoms with Crippen molar-refractivity contribution >= 4 is 16.7 Å². The average Bonchev–Trinajstić information content (AvgIpc) is 2.61. The molecule has 0 aliphatic carbocycles. The molecule has 0 amide bonds. The number of hydrogen-bond acceptors (Lipinski definition) is 4. The summed E-state index contributed by atoms with van der Waals surface area (Å²) < 4.78 is 0. The normalized spacial score (nSPS) is 17.8. The number of anilines is 1. The number of para-hydroxylation sites is 1. The van der Waals surface area contributed by atoms with Crippen LogP contribution in [0.2, 0.25) is 0 Å². The number of fused-ring (bicyclic) bond motifs is 1. The number of nitrogens with zero attached hydrogens (tertiary/aromatic N) is 3. The predicted octanol–water partition coefficient (Wildman–Crippen LogP) is 4.36. The number of benzene rings is 2. The number of aromatic nitrogens is 2. The van der Waals surface area contributed by atoms with Gasteiger partial charge >= 0.3 is 0 Å². The van der Waals surface area contributed by atoms with E-state index < -0.39 is 0 Å². The zero-order valence-corrected chi connectivity index (χ0v) is 14.4. The molecule has 1 unspecified atom stereocenters. The molecule has 25 heavy (non-hydrogen) atoms. The molecule has 1 aliphatic heterocycles. The Balaban J connectivity index is 1.92. The maximum atomic E-state index is 10.2. The third kappa shape index (κ3) is 3.04. The molecule has 127 valence electrons. The maximum absolute atomic E-state index is 10.2. The summed E-state index contributed by atoms with van der Waals surface area (Å²) in [6.07, 6.45) is 2.28. The van der Waals surface area contributed by atoms with Crippen LogP contribution in [0.3, 0.4) is 0 Å². The molecule has 0 bridgehead atoms. The first kappa shape index (κ1) is 15.9. The molecule has 1 aliphatic rings. The van der Waals surface area contributed by atoms with Crippen LogP contribution in [0, 0.1) is 19.8 Å². The number of hydrogen-bond donors (Lipinski definition) is 1. The highest BCUT2D eigenvalue weighted by Gasteiger charge is 2.21. The van der Waals surface area contributed by atoms with Gasteiger partial charge in [-0.15, -0.1) is 0 Å². The van der Waals surface area contributed by atoms with E-state index in [9.17, 15) is 5.11 Å². The standard InChI is InChI=1S/C21H22N3O/c1-14-9-10-16-18(12-14)22-20(17-7-3-4-8-19(17)25)23-21(16)24-11-5-6-15(2)13-24/h3-4,7-10,12,15,25H,2,5-6,11,13H2,1H3. The molecule has 2 aromatic carbocycles. The Hall–Kier alpha value is -2.62. The number of phenols is 1. The quantitative estimate of drug-likeness (QED) is 0.757. The minimum Gasteiger partial charge on any atom is -0.507 e. The molecule has 1 radical (unpaired) electrons. The van der Waals surface area contributed by atoms with Gasteiger partial charge in [0.25, 0.3) is 0 Å². The van der Waals surface area contributed by atoms with Crippen molar-refractivity contribution in [2.24, 2.45) is 5.92 Å². The van der Waals surface area contributed by atoms with Crippen LogP contribution in [0.5, 0.6) is 5.75 Å². The van der Waals surface area contributed by atoms with E-state index in [1.54, 1.807) is 6.07 Å². The molecular formula is C21H22N3O. The zero-order valence-electron chi connectivity index (χ0n) is 14.4. The number of rotatable bonds is 2. The van der Waals surface area contributed by atoms with Crippen LogP contribution < -0.4 is 4.90 Å². The molecule has 1 atom stereocenters. The second-order valence-electron chi connectivity index (χ2n) is 6.86. The fraction of sp³-hybridized carbons (Fsp3) is 0.286. The average molecular weight is 332 g/mol. The highest BCUT2D eigenvalue weighted by Crippen LogP contribution is 2.33. The monoisotopic (exact) mass is 332 g/mol. The SMILES string of the molecule is [CH2]C1CCCN(c2nc(-c3ccccc3O)nc3cc(C)ccc23)C1. The molecule has 4 rings (SSSR count). The van der Waals surface area contributed by atoms with Gasteiger partial charge < -0.3 is 10.0 Å². The Kier molecular flexibility index (Phi) is 4.04. The van der Waals surface area contributed by atoms with E-state index in [0.717, 1.165) is 48.2 Å². The molecule has 1 N–H and O–H groups in total. The third-order valence-electron chi connectivity index (χ3n) is 4.80. The fourth-order valence-electron chi connectivity index (χ4n) is 3.50. The van der Waals surface area contributed by atoms with Crippen LogP contribution in [0.4, 0.5) is 5.82 Å². The van der Waals surface area contributed by atoms with Gasteiger partial charge in [0.2, 0.25) is 0 Å². The summed E-state index contributed by atoms with van der Waals surface area (Å²) >= 11 is 0. The smallest absolute Gasteiger partial charge is 0.165 e. The summed E-state index contributed by atoms with van der Waals surface area (Å²) in [5.74, 6) is 2.13. The van der Waals surface area contributed by atoms with Crippen molar-refractivity contribution in [2.75, 3.05) is 18.0 Å². The topological polar surface area (TPSA) is 49.2 Å². The minimum atomic E-state index is 0.203. The molecule has 0 spiro atoms. The third-order valence-corrected chi connectivity index (χ3v) is 4.80. The summed E-state index contributed by atoms with van der Waals surface area (Å²) in [6.45, 7) is 8.18. The first-order chi connectivity index (χ1) is 12.1. The van der Waals surface area contributed by atoms with Gasteiger partial charge in [-0.3, -0.25) is 0 Å². The van der Waals surface area contributed by atoms with Crippen molar-refractivity contribution in [2.45, 2.75) is 19.8 Å². The predicted molar refractivity (Wildman–Crippen MR) is 102 cm³/mol. The van der Waals surface area contributed by atoms with Gasteiger partial charge in [-0.05, 0) is 62.4 Å². The van der Waals surface area contributed by atoms with Crippen molar-refractivity contribution < 1.29 is 5.11 Å². The van der Waals surface area contributed by atoms with Crippen LogP contribution in [-0.2, 0) is 0 Å². The van der Waals surface area contributed by atoms with Gasteiger partial charge in [-0.2, -0.15) is 0 Å². The van der Waals surface area contributed by atoms with E-state index in [4.69, 9.17) is 9.97 Å². The molecule has 0 saturated carbocycles. The maximum Gasteiger partial charge on any atom is 0.165 e. The Morgan fingerprint density at radius 2 is 2.00 bits per heavy atom. The molecular weight excluding hydrogens is 310 g/mol. The van der Waals surface area contributed by atoms with Gasteiger partial charge in [0.05, 0.1) is 11.1 Å². The molecule has 1 aromatic heterocycles. The Morgan fingerprint density at radius 3 is 2.80 bits per heavy atom. The zero-order chi connectivity index (χ0) is 17.4. The molecule has 4 heteroatoms. The van der Waals surface area contributed by atoms with E-state index in [0.29, 0.717) is 17.3 Å². The van der Waals surface area contributed by atoms with Crippen molar-refractivity contribution in [3.8, 4) is 17.1 Å². The number of aromatic hydroxyl groups is 1. The van der Waals surface area contributed by atoms with Crippen LogP contribution in [0.15, 0.2) is 42.5 Å². The summed E-state index contributed by atoms with van der Waals surface area (Å²) in [7, 11) is 0. The number of piperidine rings is 1. The van der Waals surface area contributed by atoms with E-state index in [-0.39, 0.29) is 5.75 Å². The van der Waals surface area contributed by atoms with Crippen molar-refractivity contribution in [3.63, 3.8) is 0 Å². The summed E-state index contributed by atoms with van der Waals surface area (Å²) in [5, 5.41) is 11.3. The van der Waals surface area contributed by atoms with Gasteiger partial charge in [0.15, 0.2) is 5.82 Å². The van der Waals surface area contributed by atoms with Gasteiger partial charge in [-0.1, -0.05) is 18.2 Å². The minimum absolute atomic E-state index is 0.203. The van der Waals surface area contributed by atoms with Crippen LogP contribution in [-0.4, -0.2) is 28.2 Å². The summed E-state index contributed by atoms with van der Waals surface area (Å²) in [6, 6.07) is 13.5. The van der Waals surface area contributed by atoms with E-state index in [2.05, 4.69) is 36.9 Å². The Morgan fingerprint density at radius 1 is 1.16 bits per heavy atom. The molecule has 3 aromatic rings. The first-order valence-corrected chi connectivity index (χ1v) is 8.76. The van der Waals surface area contributed by atoms with E-state index in [1.807, 2.05) is 18.2 Å². The molecule has 2 heterocycles. The summed E-state index contributed by atoms with van der Waals surface area (Å²) in [4.78, 5) is 11.9. The largest absolute Gasteiger partial charge is 0.507 e. The lowest BCUT2D eigenvalue weighted by Gasteiger charge is -2.32. The Labute approximate surface area is 148 Å². The first-order valence-electron chi connectivity index (χ1n) is 8.76. The highest BCUT2D eigenvalue weighted by molar-refractivity contribution is 5.91. The van der Waals surface area contributed by atoms with Crippen LogP contribution >= 0.6 is 0 Å².